The maximum atomic E-state index is 12.5. The summed E-state index contributed by atoms with van der Waals surface area (Å²) in [7, 11) is -3.69. The molecule has 9 heteroatoms. The molecule has 5 nitrogen and oxygen atoms in total. The highest BCUT2D eigenvalue weighted by atomic mass is 32.2. The molecule has 1 aromatic heterocycles. The van der Waals surface area contributed by atoms with Gasteiger partial charge in [-0.25, -0.2) is 18.4 Å². The van der Waals surface area contributed by atoms with E-state index in [9.17, 15) is 26.4 Å². The number of halogens is 3. The number of alkyl halides is 3. The summed E-state index contributed by atoms with van der Waals surface area (Å²) >= 11 is 0. The molecule has 2 rings (SSSR count). The summed E-state index contributed by atoms with van der Waals surface area (Å²) < 4.78 is 60.9. The first-order valence-corrected chi connectivity index (χ1v) is 7.71. The highest BCUT2D eigenvalue weighted by molar-refractivity contribution is 7.90. The quantitative estimate of drug-likeness (QED) is 0.808. The van der Waals surface area contributed by atoms with Crippen LogP contribution in [0.15, 0.2) is 35.5 Å². The van der Waals surface area contributed by atoms with E-state index in [4.69, 9.17) is 0 Å². The van der Waals surface area contributed by atoms with Crippen molar-refractivity contribution < 1.29 is 26.4 Å². The average Bonchev–Trinajstić information content (AvgIpc) is 2.44. The molecule has 0 bridgehead atoms. The van der Waals surface area contributed by atoms with E-state index < -0.39 is 21.8 Å². The molecule has 0 saturated heterocycles. The van der Waals surface area contributed by atoms with Crippen molar-refractivity contribution in [2.24, 2.45) is 0 Å². The van der Waals surface area contributed by atoms with Crippen LogP contribution in [0.2, 0.25) is 0 Å². The van der Waals surface area contributed by atoms with Crippen LogP contribution in [-0.4, -0.2) is 30.9 Å². The lowest BCUT2D eigenvalue weighted by Gasteiger charge is -2.11. The Morgan fingerprint density at radius 1 is 1.14 bits per heavy atom. The molecule has 0 amide bonds. The molecule has 0 radical (unpaired) electrons. The van der Waals surface area contributed by atoms with Crippen molar-refractivity contribution in [1.82, 2.24) is 9.97 Å². The van der Waals surface area contributed by atoms with E-state index in [-0.39, 0.29) is 21.6 Å². The Labute approximate surface area is 123 Å². The average molecular weight is 330 g/mol. The zero-order chi connectivity index (χ0) is 16.5. The van der Waals surface area contributed by atoms with Gasteiger partial charge in [0.1, 0.15) is 0 Å². The Balaban J connectivity index is 2.69. The summed E-state index contributed by atoms with van der Waals surface area (Å²) in [5, 5.41) is 0. The number of aromatic nitrogens is 2. The largest absolute Gasteiger partial charge is 0.451 e. The molecule has 22 heavy (non-hydrogen) atoms. The molecule has 0 fully saturated rings. The van der Waals surface area contributed by atoms with Crippen LogP contribution in [0.3, 0.4) is 0 Å². The molecule has 116 valence electrons. The monoisotopic (exact) mass is 330 g/mol. The number of benzene rings is 1. The number of hydrogen-bond donors (Lipinski definition) is 0. The Kier molecular flexibility index (Phi) is 4.01. The first kappa shape index (κ1) is 16.1. The van der Waals surface area contributed by atoms with E-state index in [0.29, 0.717) is 6.29 Å². The normalized spacial score (nSPS) is 12.2. The summed E-state index contributed by atoms with van der Waals surface area (Å²) in [5.41, 5.74) is 0.0103. The number of nitrogens with zero attached hydrogens (tertiary/aromatic N) is 2. The predicted molar refractivity (Wildman–Crippen MR) is 71.0 cm³/mol. The van der Waals surface area contributed by atoms with Gasteiger partial charge < -0.3 is 0 Å². The molecule has 0 unspecified atom stereocenters. The lowest BCUT2D eigenvalue weighted by atomic mass is 10.0. The zero-order valence-electron chi connectivity index (χ0n) is 11.1. The van der Waals surface area contributed by atoms with Crippen molar-refractivity contribution in [2.45, 2.75) is 11.1 Å². The Morgan fingerprint density at radius 3 is 2.18 bits per heavy atom. The van der Waals surface area contributed by atoms with Gasteiger partial charge in [-0.1, -0.05) is 12.1 Å². The van der Waals surface area contributed by atoms with Crippen molar-refractivity contribution >= 4 is 16.1 Å². The maximum Gasteiger partial charge on any atom is 0.451 e. The molecule has 0 N–H and O–H groups in total. The highest BCUT2D eigenvalue weighted by Crippen LogP contribution is 2.31. The van der Waals surface area contributed by atoms with Crippen molar-refractivity contribution in [3.63, 3.8) is 0 Å². The second kappa shape index (κ2) is 5.48. The zero-order valence-corrected chi connectivity index (χ0v) is 11.9. The third-order valence-electron chi connectivity index (χ3n) is 2.78. The van der Waals surface area contributed by atoms with Gasteiger partial charge in [-0.3, -0.25) is 4.79 Å². The fourth-order valence-electron chi connectivity index (χ4n) is 1.87. The minimum absolute atomic E-state index is 0.0103. The van der Waals surface area contributed by atoms with Crippen LogP contribution in [0.1, 0.15) is 16.2 Å². The van der Waals surface area contributed by atoms with Gasteiger partial charge in [0.15, 0.2) is 16.1 Å². The van der Waals surface area contributed by atoms with E-state index in [2.05, 4.69) is 9.97 Å². The number of aldehydes is 1. The van der Waals surface area contributed by atoms with E-state index in [1.54, 1.807) is 0 Å². The van der Waals surface area contributed by atoms with Gasteiger partial charge in [-0.05, 0) is 6.07 Å². The second-order valence-electron chi connectivity index (χ2n) is 4.40. The summed E-state index contributed by atoms with van der Waals surface area (Å²) in [5.74, 6) is -1.35. The van der Waals surface area contributed by atoms with Crippen LogP contribution in [0.25, 0.3) is 11.1 Å². The van der Waals surface area contributed by atoms with Gasteiger partial charge in [0.25, 0.3) is 0 Å². The lowest BCUT2D eigenvalue weighted by molar-refractivity contribution is -0.144. The van der Waals surface area contributed by atoms with Crippen molar-refractivity contribution in [3.8, 4) is 11.1 Å². The first-order chi connectivity index (χ1) is 10.1. The maximum absolute atomic E-state index is 12.5. The smallest absolute Gasteiger partial charge is 0.298 e. The third-order valence-corrected chi connectivity index (χ3v) is 3.92. The van der Waals surface area contributed by atoms with Crippen LogP contribution in [0.4, 0.5) is 13.2 Å². The Hall–Kier alpha value is -2.29. The van der Waals surface area contributed by atoms with E-state index in [1.165, 1.54) is 18.2 Å². The second-order valence-corrected chi connectivity index (χ2v) is 6.39. The van der Waals surface area contributed by atoms with E-state index in [0.717, 1.165) is 18.6 Å². The summed E-state index contributed by atoms with van der Waals surface area (Å²) in [6.45, 7) is 0. The van der Waals surface area contributed by atoms with Crippen LogP contribution in [0, 0.1) is 0 Å². The number of rotatable bonds is 3. The van der Waals surface area contributed by atoms with Crippen LogP contribution in [-0.2, 0) is 16.0 Å². The highest BCUT2D eigenvalue weighted by Gasteiger charge is 2.34. The standard InChI is InChI=1S/C13H9F3N2O3S/c1-22(20,21)10-4-2-3-8(7-19)11(10)9-5-17-12(18-6-9)13(14,15)16/h2-7H,1H3. The first-order valence-electron chi connectivity index (χ1n) is 5.82. The number of carbonyl (C=O) groups excluding carboxylic acids is 1. The van der Waals surface area contributed by atoms with Gasteiger partial charge in [0.2, 0.25) is 5.82 Å². The molecule has 2 aromatic rings. The van der Waals surface area contributed by atoms with Gasteiger partial charge in [0.05, 0.1) is 4.90 Å². The minimum Gasteiger partial charge on any atom is -0.298 e. The third kappa shape index (κ3) is 3.14. The SMILES string of the molecule is CS(=O)(=O)c1cccc(C=O)c1-c1cnc(C(F)(F)F)nc1. The fraction of sp³-hybridized carbons (Fsp3) is 0.154. The fourth-order valence-corrected chi connectivity index (χ4v) is 2.80. The summed E-state index contributed by atoms with van der Waals surface area (Å²) in [4.78, 5) is 17.3. The minimum atomic E-state index is -4.71. The topological polar surface area (TPSA) is 77.0 Å². The molecule has 1 aromatic carbocycles. The van der Waals surface area contributed by atoms with Gasteiger partial charge in [-0.2, -0.15) is 13.2 Å². The number of sulfone groups is 1. The van der Waals surface area contributed by atoms with Gasteiger partial charge >= 0.3 is 6.18 Å². The molecule has 1 heterocycles. The summed E-state index contributed by atoms with van der Waals surface area (Å²) in [6, 6.07) is 3.98. The molecular weight excluding hydrogens is 321 g/mol. The Bertz CT molecular complexity index is 815. The van der Waals surface area contributed by atoms with Gasteiger partial charge in [0, 0.05) is 35.3 Å². The van der Waals surface area contributed by atoms with Crippen LogP contribution < -0.4 is 0 Å². The van der Waals surface area contributed by atoms with Crippen molar-refractivity contribution in [3.05, 3.63) is 42.0 Å². The Morgan fingerprint density at radius 2 is 1.73 bits per heavy atom. The molecule has 0 aliphatic rings. The van der Waals surface area contributed by atoms with Crippen LogP contribution >= 0.6 is 0 Å². The molecule has 0 aliphatic carbocycles. The van der Waals surface area contributed by atoms with Crippen LogP contribution in [0.5, 0.6) is 0 Å². The number of hydrogen-bond acceptors (Lipinski definition) is 5. The van der Waals surface area contributed by atoms with E-state index in [1.807, 2.05) is 0 Å². The predicted octanol–water partition coefficient (Wildman–Crippen LogP) is 2.38. The molecule has 0 spiro atoms. The molecule has 0 atom stereocenters. The summed E-state index contributed by atoms with van der Waals surface area (Å²) in [6.07, 6.45) is -1.67. The number of carbonyl (C=O) groups is 1. The van der Waals surface area contributed by atoms with Crippen molar-refractivity contribution in [2.75, 3.05) is 6.26 Å². The molecular formula is C13H9F3N2O3S. The van der Waals surface area contributed by atoms with Crippen molar-refractivity contribution in [1.29, 1.82) is 0 Å². The molecule has 0 aliphatic heterocycles. The molecule has 0 saturated carbocycles. The lowest BCUT2D eigenvalue weighted by Crippen LogP contribution is -2.11. The van der Waals surface area contributed by atoms with E-state index >= 15 is 0 Å². The van der Waals surface area contributed by atoms with Gasteiger partial charge in [-0.15, -0.1) is 0 Å².